The summed E-state index contributed by atoms with van der Waals surface area (Å²) < 4.78 is 0. The van der Waals surface area contributed by atoms with Crippen LogP contribution in [-0.4, -0.2) is 0 Å². The minimum absolute atomic E-state index is 0.939. The number of nitrogens with one attached hydrogen (secondary N) is 1. The fourth-order valence-electron chi connectivity index (χ4n) is 0.967. The second-order valence-electron chi connectivity index (χ2n) is 2.44. The molecular formula is C9H9NS2. The number of hydrogen-bond donors (Lipinski definition) is 1. The zero-order chi connectivity index (χ0) is 8.23. The molecule has 1 N–H and O–H groups in total. The van der Waals surface area contributed by atoms with E-state index in [0.29, 0.717) is 0 Å². The third-order valence-electron chi connectivity index (χ3n) is 1.57. The highest BCUT2D eigenvalue weighted by atomic mass is 32.1. The highest BCUT2D eigenvalue weighted by Crippen LogP contribution is 2.15. The first-order valence-corrected chi connectivity index (χ1v) is 5.56. The van der Waals surface area contributed by atoms with Crippen LogP contribution in [0.15, 0.2) is 34.3 Å². The molecule has 3 heteroatoms. The van der Waals surface area contributed by atoms with Crippen molar-refractivity contribution >= 4 is 28.4 Å². The molecule has 1 nitrogen and oxygen atoms in total. The van der Waals surface area contributed by atoms with Crippen LogP contribution in [0.25, 0.3) is 0 Å². The quantitative estimate of drug-likeness (QED) is 0.791. The van der Waals surface area contributed by atoms with E-state index in [1.807, 2.05) is 0 Å². The molecule has 2 aromatic heterocycles. The van der Waals surface area contributed by atoms with E-state index >= 15 is 0 Å². The molecule has 0 fully saturated rings. The molecule has 0 amide bonds. The minimum Gasteiger partial charge on any atom is -0.379 e. The van der Waals surface area contributed by atoms with Gasteiger partial charge in [-0.1, -0.05) is 6.07 Å². The van der Waals surface area contributed by atoms with Crippen molar-refractivity contribution in [3.05, 3.63) is 39.2 Å². The van der Waals surface area contributed by atoms with Crippen molar-refractivity contribution in [3.8, 4) is 0 Å². The van der Waals surface area contributed by atoms with E-state index in [1.165, 1.54) is 10.6 Å². The Hall–Kier alpha value is -0.800. The van der Waals surface area contributed by atoms with Gasteiger partial charge in [0.05, 0.1) is 0 Å². The first kappa shape index (κ1) is 7.83. The second-order valence-corrected chi connectivity index (χ2v) is 4.26. The highest BCUT2D eigenvalue weighted by Gasteiger charge is 1.93. The maximum absolute atomic E-state index is 3.35. The van der Waals surface area contributed by atoms with E-state index in [9.17, 15) is 0 Å². The first-order chi connectivity index (χ1) is 5.95. The summed E-state index contributed by atoms with van der Waals surface area (Å²) in [5.74, 6) is 0. The van der Waals surface area contributed by atoms with Crippen LogP contribution in [0, 0.1) is 0 Å². The van der Waals surface area contributed by atoms with Crippen LogP contribution >= 0.6 is 22.7 Å². The van der Waals surface area contributed by atoms with Gasteiger partial charge in [0.15, 0.2) is 0 Å². The molecule has 2 aromatic rings. The van der Waals surface area contributed by atoms with E-state index in [4.69, 9.17) is 0 Å². The lowest BCUT2D eigenvalue weighted by atomic mass is 10.4. The van der Waals surface area contributed by atoms with Gasteiger partial charge in [-0.15, -0.1) is 11.3 Å². The molecule has 0 bridgehead atoms. The Labute approximate surface area is 79.7 Å². The van der Waals surface area contributed by atoms with Crippen LogP contribution in [0.5, 0.6) is 0 Å². The maximum atomic E-state index is 3.35. The van der Waals surface area contributed by atoms with Gasteiger partial charge in [0, 0.05) is 22.5 Å². The largest absolute Gasteiger partial charge is 0.379 e. The lowest BCUT2D eigenvalue weighted by molar-refractivity contribution is 1.20. The summed E-state index contributed by atoms with van der Waals surface area (Å²) in [5, 5.41) is 9.65. The molecule has 0 atom stereocenters. The molecule has 0 saturated carbocycles. The summed E-state index contributed by atoms with van der Waals surface area (Å²) in [6, 6.07) is 6.32. The summed E-state index contributed by atoms with van der Waals surface area (Å²) in [6.07, 6.45) is 0. The molecule has 0 aromatic carbocycles. The molecule has 0 radical (unpaired) electrons. The van der Waals surface area contributed by atoms with E-state index < -0.39 is 0 Å². The summed E-state index contributed by atoms with van der Waals surface area (Å²) in [7, 11) is 0. The van der Waals surface area contributed by atoms with Crippen molar-refractivity contribution in [1.29, 1.82) is 0 Å². The van der Waals surface area contributed by atoms with Crippen LogP contribution in [0.3, 0.4) is 0 Å². The molecule has 0 aliphatic carbocycles. The first-order valence-electron chi connectivity index (χ1n) is 3.73. The Morgan fingerprint density at radius 1 is 1.25 bits per heavy atom. The van der Waals surface area contributed by atoms with Crippen LogP contribution in [0.2, 0.25) is 0 Å². The van der Waals surface area contributed by atoms with Crippen molar-refractivity contribution in [2.24, 2.45) is 0 Å². The fraction of sp³-hybridized carbons (Fsp3) is 0.111. The second kappa shape index (κ2) is 3.74. The topological polar surface area (TPSA) is 12.0 Å². The highest BCUT2D eigenvalue weighted by molar-refractivity contribution is 7.10. The van der Waals surface area contributed by atoms with Gasteiger partial charge in [-0.2, -0.15) is 11.3 Å². The lowest BCUT2D eigenvalue weighted by Crippen LogP contribution is -1.94. The van der Waals surface area contributed by atoms with Crippen molar-refractivity contribution in [2.75, 3.05) is 5.32 Å². The van der Waals surface area contributed by atoms with Crippen LogP contribution in [-0.2, 0) is 6.54 Å². The molecule has 62 valence electrons. The maximum Gasteiger partial charge on any atom is 0.0494 e. The molecule has 2 heterocycles. The molecule has 12 heavy (non-hydrogen) atoms. The van der Waals surface area contributed by atoms with Gasteiger partial charge in [0.2, 0.25) is 0 Å². The van der Waals surface area contributed by atoms with Gasteiger partial charge in [-0.3, -0.25) is 0 Å². The Morgan fingerprint density at radius 2 is 2.25 bits per heavy atom. The van der Waals surface area contributed by atoms with Gasteiger partial charge in [0.1, 0.15) is 0 Å². The van der Waals surface area contributed by atoms with E-state index in [2.05, 4.69) is 39.7 Å². The molecule has 0 aliphatic heterocycles. The Bertz CT molecular complexity index is 276. The number of thiophene rings is 2. The molecule has 0 unspecified atom stereocenters. The molecule has 0 saturated heterocycles. The molecular weight excluding hydrogens is 186 g/mol. The van der Waals surface area contributed by atoms with Gasteiger partial charge in [-0.05, 0) is 22.9 Å². The standard InChI is InChI=1S/C9H9NS2/c1-2-9(12-4-1)6-10-8-3-5-11-7-8/h1-5,7,10H,6H2. The van der Waals surface area contributed by atoms with Crippen molar-refractivity contribution in [1.82, 2.24) is 0 Å². The van der Waals surface area contributed by atoms with E-state index in [-0.39, 0.29) is 0 Å². The van der Waals surface area contributed by atoms with Crippen LogP contribution in [0.4, 0.5) is 5.69 Å². The van der Waals surface area contributed by atoms with Crippen molar-refractivity contribution < 1.29 is 0 Å². The molecule has 0 spiro atoms. The third-order valence-corrected chi connectivity index (χ3v) is 3.13. The normalized spacial score (nSPS) is 10.0. The average molecular weight is 195 g/mol. The lowest BCUT2D eigenvalue weighted by Gasteiger charge is -1.99. The fourth-order valence-corrected chi connectivity index (χ4v) is 2.22. The van der Waals surface area contributed by atoms with Crippen molar-refractivity contribution in [3.63, 3.8) is 0 Å². The monoisotopic (exact) mass is 195 g/mol. The van der Waals surface area contributed by atoms with Gasteiger partial charge in [-0.25, -0.2) is 0 Å². The predicted molar refractivity (Wildman–Crippen MR) is 56.0 cm³/mol. The molecule has 2 rings (SSSR count). The van der Waals surface area contributed by atoms with Crippen LogP contribution in [0.1, 0.15) is 4.88 Å². The van der Waals surface area contributed by atoms with E-state index in [0.717, 1.165) is 6.54 Å². The summed E-state index contributed by atoms with van der Waals surface area (Å²) in [6.45, 7) is 0.939. The zero-order valence-electron chi connectivity index (χ0n) is 6.49. The summed E-state index contributed by atoms with van der Waals surface area (Å²) >= 11 is 3.50. The van der Waals surface area contributed by atoms with Crippen LogP contribution < -0.4 is 5.32 Å². The SMILES string of the molecule is c1csc(CNc2ccsc2)c1. The summed E-state index contributed by atoms with van der Waals surface area (Å²) in [4.78, 5) is 1.38. The Morgan fingerprint density at radius 3 is 2.92 bits per heavy atom. The van der Waals surface area contributed by atoms with Gasteiger partial charge in [0.25, 0.3) is 0 Å². The minimum atomic E-state index is 0.939. The summed E-state index contributed by atoms with van der Waals surface area (Å²) in [5.41, 5.74) is 1.22. The average Bonchev–Trinajstić information content (AvgIpc) is 2.74. The predicted octanol–water partition coefficient (Wildman–Crippen LogP) is 3.42. The Balaban J connectivity index is 1.91. The third kappa shape index (κ3) is 1.87. The van der Waals surface area contributed by atoms with E-state index in [1.54, 1.807) is 22.7 Å². The number of anilines is 1. The van der Waals surface area contributed by atoms with Gasteiger partial charge >= 0.3 is 0 Å². The molecule has 0 aliphatic rings. The Kier molecular flexibility index (Phi) is 2.44. The number of rotatable bonds is 3. The van der Waals surface area contributed by atoms with Gasteiger partial charge < -0.3 is 5.32 Å². The number of hydrogen-bond acceptors (Lipinski definition) is 3. The smallest absolute Gasteiger partial charge is 0.0494 e. The zero-order valence-corrected chi connectivity index (χ0v) is 8.12. The van der Waals surface area contributed by atoms with Crippen molar-refractivity contribution in [2.45, 2.75) is 6.54 Å².